The summed E-state index contributed by atoms with van der Waals surface area (Å²) < 4.78 is 0. The van der Waals surface area contributed by atoms with Gasteiger partial charge in [0.05, 0.1) is 0 Å². The number of allylic oxidation sites excluding steroid dienone is 3. The molecule has 22 heavy (non-hydrogen) atoms. The standard InChI is InChI=1S/C19H16O3/c20-17-10-6-16(7-11-17)9-13-19(22)14-18(21)12-8-15-4-2-1-3-5-15/h1-14,20-21H/b12-8+,13-9+,18-14-. The van der Waals surface area contributed by atoms with E-state index in [-0.39, 0.29) is 17.3 Å². The summed E-state index contributed by atoms with van der Waals surface area (Å²) in [6.07, 6.45) is 7.33. The van der Waals surface area contributed by atoms with Crippen LogP contribution in [0.4, 0.5) is 0 Å². The normalized spacial score (nSPS) is 12.1. The van der Waals surface area contributed by atoms with E-state index in [2.05, 4.69) is 0 Å². The summed E-state index contributed by atoms with van der Waals surface area (Å²) in [6.45, 7) is 0. The molecule has 0 unspecified atom stereocenters. The minimum absolute atomic E-state index is 0.107. The van der Waals surface area contributed by atoms with E-state index in [1.165, 1.54) is 12.2 Å². The Bertz CT molecular complexity index is 708. The van der Waals surface area contributed by atoms with Crippen molar-refractivity contribution in [3.8, 4) is 5.75 Å². The molecular weight excluding hydrogens is 276 g/mol. The number of carbonyl (C=O) groups excluding carboxylic acids is 1. The molecule has 2 aromatic carbocycles. The predicted octanol–water partition coefficient (Wildman–Crippen LogP) is 4.13. The van der Waals surface area contributed by atoms with Crippen molar-refractivity contribution < 1.29 is 15.0 Å². The Morgan fingerprint density at radius 2 is 1.41 bits per heavy atom. The van der Waals surface area contributed by atoms with Crippen LogP contribution in [0.1, 0.15) is 11.1 Å². The Kier molecular flexibility index (Phi) is 5.32. The van der Waals surface area contributed by atoms with Crippen molar-refractivity contribution in [3.05, 3.63) is 89.7 Å². The fourth-order valence-electron chi connectivity index (χ4n) is 1.75. The van der Waals surface area contributed by atoms with Crippen LogP contribution >= 0.6 is 0 Å². The highest BCUT2D eigenvalue weighted by atomic mass is 16.3. The van der Waals surface area contributed by atoms with Crippen LogP contribution < -0.4 is 0 Å². The van der Waals surface area contributed by atoms with Crippen molar-refractivity contribution >= 4 is 17.9 Å². The average molecular weight is 292 g/mol. The minimum Gasteiger partial charge on any atom is -0.508 e. The molecule has 3 nitrogen and oxygen atoms in total. The maximum Gasteiger partial charge on any atom is 0.182 e. The zero-order valence-corrected chi connectivity index (χ0v) is 11.9. The number of benzene rings is 2. The van der Waals surface area contributed by atoms with Crippen molar-refractivity contribution in [3.63, 3.8) is 0 Å². The summed E-state index contributed by atoms with van der Waals surface area (Å²) in [5, 5.41) is 18.9. The van der Waals surface area contributed by atoms with Crippen molar-refractivity contribution in [2.45, 2.75) is 0 Å². The number of ketones is 1. The zero-order chi connectivity index (χ0) is 15.8. The smallest absolute Gasteiger partial charge is 0.182 e. The zero-order valence-electron chi connectivity index (χ0n) is 11.9. The van der Waals surface area contributed by atoms with Crippen LogP contribution in [0.2, 0.25) is 0 Å². The van der Waals surface area contributed by atoms with Crippen molar-refractivity contribution in [2.75, 3.05) is 0 Å². The second-order valence-electron chi connectivity index (χ2n) is 4.64. The van der Waals surface area contributed by atoms with E-state index in [9.17, 15) is 9.90 Å². The maximum absolute atomic E-state index is 11.7. The first kappa shape index (κ1) is 15.3. The van der Waals surface area contributed by atoms with Crippen LogP contribution in [0.15, 0.2) is 78.6 Å². The molecule has 0 saturated carbocycles. The topological polar surface area (TPSA) is 57.5 Å². The monoisotopic (exact) mass is 292 g/mol. The molecular formula is C19H16O3. The van der Waals surface area contributed by atoms with Gasteiger partial charge in [-0.2, -0.15) is 0 Å². The predicted molar refractivity (Wildman–Crippen MR) is 88.3 cm³/mol. The number of phenols is 1. The summed E-state index contributed by atoms with van der Waals surface area (Å²) >= 11 is 0. The Hall–Kier alpha value is -3.07. The van der Waals surface area contributed by atoms with Gasteiger partial charge in [-0.3, -0.25) is 4.79 Å². The summed E-state index contributed by atoms with van der Waals surface area (Å²) in [5.74, 6) is -0.250. The first-order valence-electron chi connectivity index (χ1n) is 6.78. The molecule has 0 aliphatic carbocycles. The first-order chi connectivity index (χ1) is 10.6. The fraction of sp³-hybridized carbons (Fsp3) is 0. The van der Waals surface area contributed by atoms with Gasteiger partial charge in [0.25, 0.3) is 0 Å². The van der Waals surface area contributed by atoms with Crippen molar-refractivity contribution in [1.82, 2.24) is 0 Å². The second-order valence-corrected chi connectivity index (χ2v) is 4.64. The van der Waals surface area contributed by atoms with Gasteiger partial charge in [0.1, 0.15) is 11.5 Å². The molecule has 0 saturated heterocycles. The van der Waals surface area contributed by atoms with Gasteiger partial charge in [-0.25, -0.2) is 0 Å². The van der Waals surface area contributed by atoms with Gasteiger partial charge >= 0.3 is 0 Å². The molecule has 3 heteroatoms. The third-order valence-electron chi connectivity index (χ3n) is 2.87. The van der Waals surface area contributed by atoms with E-state index in [0.717, 1.165) is 17.2 Å². The highest BCUT2D eigenvalue weighted by Crippen LogP contribution is 2.11. The van der Waals surface area contributed by atoms with Gasteiger partial charge in [-0.1, -0.05) is 54.6 Å². The second kappa shape index (κ2) is 7.64. The van der Waals surface area contributed by atoms with E-state index >= 15 is 0 Å². The van der Waals surface area contributed by atoms with Crippen molar-refractivity contribution in [1.29, 1.82) is 0 Å². The number of aliphatic hydroxyl groups excluding tert-OH is 1. The van der Waals surface area contributed by atoms with E-state index < -0.39 is 0 Å². The Morgan fingerprint density at radius 1 is 0.818 bits per heavy atom. The SMILES string of the molecule is O=C(/C=C(O)/C=C/c1ccccc1)/C=C/c1ccc(O)cc1. The number of aliphatic hydroxyl groups is 1. The fourth-order valence-corrected chi connectivity index (χ4v) is 1.75. The molecule has 110 valence electrons. The van der Waals surface area contributed by atoms with Gasteiger partial charge < -0.3 is 10.2 Å². The van der Waals surface area contributed by atoms with Gasteiger partial charge in [-0.05, 0) is 35.4 Å². The number of hydrogen-bond donors (Lipinski definition) is 2. The van der Waals surface area contributed by atoms with Gasteiger partial charge in [0.15, 0.2) is 5.78 Å². The number of phenolic OH excluding ortho intramolecular Hbond substituents is 1. The number of rotatable bonds is 5. The van der Waals surface area contributed by atoms with Crippen LogP contribution in [0.25, 0.3) is 12.2 Å². The molecule has 0 amide bonds. The minimum atomic E-state index is -0.316. The van der Waals surface area contributed by atoms with Gasteiger partial charge in [0, 0.05) is 6.08 Å². The molecule has 0 atom stereocenters. The van der Waals surface area contributed by atoms with E-state index in [0.29, 0.717) is 0 Å². The number of hydrogen-bond acceptors (Lipinski definition) is 3. The summed E-state index contributed by atoms with van der Waals surface area (Å²) in [5.41, 5.74) is 1.73. The Balaban J connectivity index is 1.97. The lowest BCUT2D eigenvalue weighted by molar-refractivity contribution is -0.110. The lowest BCUT2D eigenvalue weighted by Gasteiger charge is -1.94. The third kappa shape index (κ3) is 5.13. The molecule has 0 fully saturated rings. The summed E-state index contributed by atoms with van der Waals surface area (Å²) in [6, 6.07) is 16.0. The highest BCUT2D eigenvalue weighted by Gasteiger charge is 1.95. The molecule has 0 aliphatic rings. The van der Waals surface area contributed by atoms with Crippen LogP contribution in [0.5, 0.6) is 5.75 Å². The molecule has 0 spiro atoms. The summed E-state index contributed by atoms with van der Waals surface area (Å²) in [7, 11) is 0. The highest BCUT2D eigenvalue weighted by molar-refractivity contribution is 6.02. The lowest BCUT2D eigenvalue weighted by atomic mass is 10.1. The molecule has 0 aromatic heterocycles. The Labute approximate surface area is 129 Å². The summed E-state index contributed by atoms with van der Waals surface area (Å²) in [4.78, 5) is 11.7. The molecule has 2 aromatic rings. The van der Waals surface area contributed by atoms with Crippen LogP contribution in [-0.4, -0.2) is 16.0 Å². The molecule has 0 radical (unpaired) electrons. The quantitative estimate of drug-likeness (QED) is 0.495. The molecule has 0 bridgehead atoms. The van der Waals surface area contributed by atoms with Crippen LogP contribution in [-0.2, 0) is 4.79 Å². The number of aromatic hydroxyl groups is 1. The van der Waals surface area contributed by atoms with E-state index in [1.807, 2.05) is 30.3 Å². The maximum atomic E-state index is 11.7. The number of carbonyl (C=O) groups is 1. The molecule has 2 N–H and O–H groups in total. The van der Waals surface area contributed by atoms with E-state index in [4.69, 9.17) is 5.11 Å². The van der Waals surface area contributed by atoms with Gasteiger partial charge in [0.2, 0.25) is 0 Å². The van der Waals surface area contributed by atoms with Crippen LogP contribution in [0.3, 0.4) is 0 Å². The van der Waals surface area contributed by atoms with E-state index in [1.54, 1.807) is 36.4 Å². The largest absolute Gasteiger partial charge is 0.508 e. The molecule has 2 rings (SSSR count). The average Bonchev–Trinajstić information content (AvgIpc) is 2.53. The van der Waals surface area contributed by atoms with Gasteiger partial charge in [-0.15, -0.1) is 0 Å². The van der Waals surface area contributed by atoms with Crippen LogP contribution in [0, 0.1) is 0 Å². The van der Waals surface area contributed by atoms with Crippen molar-refractivity contribution in [2.24, 2.45) is 0 Å². The Morgan fingerprint density at radius 3 is 2.09 bits per heavy atom. The first-order valence-corrected chi connectivity index (χ1v) is 6.78. The third-order valence-corrected chi connectivity index (χ3v) is 2.87. The molecule has 0 heterocycles. The lowest BCUT2D eigenvalue weighted by Crippen LogP contribution is -1.88. The molecule has 0 aliphatic heterocycles.